The number of aromatic amines is 1. The Bertz CT molecular complexity index is 844. The summed E-state index contributed by atoms with van der Waals surface area (Å²) in [5, 5.41) is 9.78. The zero-order chi connectivity index (χ0) is 17.4. The number of aliphatic hydroxyl groups is 1. The van der Waals surface area contributed by atoms with Gasteiger partial charge in [-0.3, -0.25) is 9.59 Å². The molecule has 5 nitrogen and oxygen atoms in total. The van der Waals surface area contributed by atoms with Crippen LogP contribution in [0.25, 0.3) is 10.9 Å². The highest BCUT2D eigenvalue weighted by atomic mass is 19.1. The van der Waals surface area contributed by atoms with E-state index in [1.165, 1.54) is 12.3 Å². The van der Waals surface area contributed by atoms with Gasteiger partial charge in [0.25, 0.3) is 5.91 Å². The maximum absolute atomic E-state index is 13.6. The molecule has 0 bridgehead atoms. The molecule has 6 heteroatoms. The Morgan fingerprint density at radius 2 is 2.25 bits per heavy atom. The van der Waals surface area contributed by atoms with Crippen LogP contribution in [0, 0.1) is 12.7 Å². The number of aromatic nitrogens is 1. The van der Waals surface area contributed by atoms with Gasteiger partial charge in [0.1, 0.15) is 11.4 Å². The number of fused-ring (bicyclic) bond motifs is 1. The molecule has 2 heterocycles. The molecular weight excluding hydrogens is 311 g/mol. The van der Waals surface area contributed by atoms with Gasteiger partial charge >= 0.3 is 0 Å². The number of hydrogen-bond donors (Lipinski definition) is 2. The zero-order valence-electron chi connectivity index (χ0n) is 13.8. The first kappa shape index (κ1) is 16.6. The molecule has 24 heavy (non-hydrogen) atoms. The number of amides is 1. The lowest BCUT2D eigenvalue weighted by Gasteiger charge is -2.25. The van der Waals surface area contributed by atoms with Crippen LogP contribution < -0.4 is 5.43 Å². The monoisotopic (exact) mass is 332 g/mol. The molecule has 1 aromatic heterocycles. The molecule has 0 spiro atoms. The van der Waals surface area contributed by atoms with Gasteiger partial charge in [-0.2, -0.15) is 0 Å². The Labute approximate surface area is 139 Å². The summed E-state index contributed by atoms with van der Waals surface area (Å²) in [6.45, 7) is 3.97. The number of hydrogen-bond acceptors (Lipinski definition) is 3. The summed E-state index contributed by atoms with van der Waals surface area (Å²) in [6.07, 6.45) is 3.06. The molecule has 2 unspecified atom stereocenters. The number of aliphatic hydroxyl groups excluding tert-OH is 1. The normalized spacial score (nSPS) is 19.0. The van der Waals surface area contributed by atoms with Crippen molar-refractivity contribution in [2.24, 2.45) is 0 Å². The maximum Gasteiger partial charge on any atom is 0.259 e. The Morgan fingerprint density at radius 3 is 2.96 bits per heavy atom. The highest BCUT2D eigenvalue weighted by molar-refractivity contribution is 5.97. The van der Waals surface area contributed by atoms with Crippen LogP contribution in [0.1, 0.15) is 42.1 Å². The van der Waals surface area contributed by atoms with Crippen molar-refractivity contribution in [2.45, 2.75) is 45.3 Å². The Hall–Kier alpha value is -2.21. The zero-order valence-corrected chi connectivity index (χ0v) is 13.8. The minimum atomic E-state index is -0.505. The van der Waals surface area contributed by atoms with E-state index in [1.807, 2.05) is 0 Å². The van der Waals surface area contributed by atoms with E-state index < -0.39 is 17.3 Å². The number of carbonyl (C=O) groups excluding carboxylic acids is 1. The van der Waals surface area contributed by atoms with Crippen LogP contribution in [0.5, 0.6) is 0 Å². The van der Waals surface area contributed by atoms with Gasteiger partial charge in [0.2, 0.25) is 5.43 Å². The fourth-order valence-electron chi connectivity index (χ4n) is 3.52. The van der Waals surface area contributed by atoms with Crippen LogP contribution >= 0.6 is 0 Å². The lowest BCUT2D eigenvalue weighted by atomic mass is 10.1. The molecule has 0 aliphatic carbocycles. The van der Waals surface area contributed by atoms with E-state index in [0.717, 1.165) is 18.9 Å². The van der Waals surface area contributed by atoms with Gasteiger partial charge in [-0.15, -0.1) is 0 Å². The molecule has 2 N–H and O–H groups in total. The van der Waals surface area contributed by atoms with E-state index in [1.54, 1.807) is 18.7 Å². The lowest BCUT2D eigenvalue weighted by molar-refractivity contribution is 0.0680. The van der Waals surface area contributed by atoms with E-state index in [4.69, 9.17) is 0 Å². The molecule has 1 saturated heterocycles. The molecule has 2 atom stereocenters. The minimum absolute atomic E-state index is 0.0185. The third kappa shape index (κ3) is 2.94. The van der Waals surface area contributed by atoms with Crippen LogP contribution in [0.4, 0.5) is 4.39 Å². The molecule has 0 radical (unpaired) electrons. The summed E-state index contributed by atoms with van der Waals surface area (Å²) in [7, 11) is 0. The van der Waals surface area contributed by atoms with Crippen LogP contribution in [0.3, 0.4) is 0 Å². The quantitative estimate of drug-likeness (QED) is 0.906. The maximum atomic E-state index is 13.6. The molecule has 0 saturated carbocycles. The van der Waals surface area contributed by atoms with E-state index in [0.29, 0.717) is 24.0 Å². The first-order chi connectivity index (χ1) is 11.4. The molecule has 1 aliphatic rings. The first-order valence-corrected chi connectivity index (χ1v) is 8.19. The van der Waals surface area contributed by atoms with Crippen molar-refractivity contribution in [3.05, 3.63) is 45.5 Å². The molecule has 3 rings (SSSR count). The van der Waals surface area contributed by atoms with Crippen molar-refractivity contribution in [3.8, 4) is 0 Å². The van der Waals surface area contributed by atoms with Crippen molar-refractivity contribution >= 4 is 16.8 Å². The minimum Gasteiger partial charge on any atom is -0.393 e. The molecule has 128 valence electrons. The third-order valence-electron chi connectivity index (χ3n) is 4.63. The van der Waals surface area contributed by atoms with Gasteiger partial charge in [-0.05, 0) is 50.8 Å². The van der Waals surface area contributed by atoms with Crippen LogP contribution in [0.15, 0.2) is 23.1 Å². The van der Waals surface area contributed by atoms with Crippen molar-refractivity contribution in [2.75, 3.05) is 6.54 Å². The van der Waals surface area contributed by atoms with Gasteiger partial charge in [0.05, 0.1) is 11.6 Å². The number of halogens is 1. The number of benzene rings is 1. The van der Waals surface area contributed by atoms with E-state index in [9.17, 15) is 19.1 Å². The predicted molar refractivity (Wildman–Crippen MR) is 89.6 cm³/mol. The van der Waals surface area contributed by atoms with E-state index in [2.05, 4.69) is 4.98 Å². The number of likely N-dealkylation sites (tertiary alicyclic amines) is 1. The third-order valence-corrected chi connectivity index (χ3v) is 4.63. The number of aryl methyl sites for hydroxylation is 1. The number of nitrogens with zero attached hydrogens (tertiary/aromatic N) is 1. The average molecular weight is 332 g/mol. The van der Waals surface area contributed by atoms with Crippen LogP contribution in [0.2, 0.25) is 0 Å². The summed E-state index contributed by atoms with van der Waals surface area (Å²) in [6, 6.07) is 2.44. The van der Waals surface area contributed by atoms with E-state index in [-0.39, 0.29) is 22.9 Å². The van der Waals surface area contributed by atoms with Crippen molar-refractivity contribution in [1.29, 1.82) is 0 Å². The van der Waals surface area contributed by atoms with Gasteiger partial charge in [-0.25, -0.2) is 4.39 Å². The second-order valence-electron chi connectivity index (χ2n) is 6.56. The van der Waals surface area contributed by atoms with Gasteiger partial charge in [0, 0.05) is 24.2 Å². The number of pyridine rings is 1. The summed E-state index contributed by atoms with van der Waals surface area (Å²) in [5.41, 5.74) is 0.721. The molecule has 1 aromatic carbocycles. The highest BCUT2D eigenvalue weighted by Crippen LogP contribution is 2.23. The number of rotatable bonds is 3. The van der Waals surface area contributed by atoms with Crippen LogP contribution in [-0.2, 0) is 0 Å². The molecule has 1 amide bonds. The largest absolute Gasteiger partial charge is 0.393 e. The topological polar surface area (TPSA) is 73.4 Å². The Morgan fingerprint density at radius 1 is 1.50 bits per heavy atom. The second kappa shape index (κ2) is 6.36. The predicted octanol–water partition coefficient (Wildman–Crippen LogP) is 2.35. The summed E-state index contributed by atoms with van der Waals surface area (Å²) >= 11 is 0. The number of nitrogens with one attached hydrogen (secondary N) is 1. The molecule has 1 fully saturated rings. The van der Waals surface area contributed by atoms with Gasteiger partial charge in [-0.1, -0.05) is 0 Å². The SMILES string of the molecule is Cc1cc(F)cc2c(=O)c(C(=O)N3CCCC3CC(C)O)c[nH]c12. The molecule has 1 aliphatic heterocycles. The van der Waals surface area contributed by atoms with Crippen LogP contribution in [-0.4, -0.2) is 39.6 Å². The Balaban J connectivity index is 2.01. The first-order valence-electron chi connectivity index (χ1n) is 8.19. The number of carbonyl (C=O) groups is 1. The smallest absolute Gasteiger partial charge is 0.259 e. The Kier molecular flexibility index (Phi) is 4.41. The summed E-state index contributed by atoms with van der Waals surface area (Å²) in [5.74, 6) is -0.855. The van der Waals surface area contributed by atoms with Gasteiger partial charge < -0.3 is 15.0 Å². The molecule has 2 aromatic rings. The number of H-pyrrole nitrogens is 1. The van der Waals surface area contributed by atoms with E-state index >= 15 is 0 Å². The second-order valence-corrected chi connectivity index (χ2v) is 6.56. The van der Waals surface area contributed by atoms with Crippen molar-refractivity contribution in [1.82, 2.24) is 9.88 Å². The standard InChI is InChI=1S/C18H21FN2O3/c1-10-6-12(19)8-14-16(10)20-9-15(17(14)23)18(24)21-5-3-4-13(21)7-11(2)22/h6,8-9,11,13,22H,3-5,7H2,1-2H3,(H,20,23). The van der Waals surface area contributed by atoms with Crippen molar-refractivity contribution < 1.29 is 14.3 Å². The summed E-state index contributed by atoms with van der Waals surface area (Å²) < 4.78 is 13.6. The lowest BCUT2D eigenvalue weighted by Crippen LogP contribution is -2.39. The fraction of sp³-hybridized carbons (Fsp3) is 0.444. The summed E-state index contributed by atoms with van der Waals surface area (Å²) in [4.78, 5) is 30.1. The highest BCUT2D eigenvalue weighted by Gasteiger charge is 2.31. The fourth-order valence-corrected chi connectivity index (χ4v) is 3.52. The molecular formula is C18H21FN2O3. The van der Waals surface area contributed by atoms with Gasteiger partial charge in [0.15, 0.2) is 0 Å². The average Bonchev–Trinajstić information content (AvgIpc) is 2.95. The van der Waals surface area contributed by atoms with Crippen molar-refractivity contribution in [3.63, 3.8) is 0 Å².